The van der Waals surface area contributed by atoms with Gasteiger partial charge < -0.3 is 39.9 Å². The summed E-state index contributed by atoms with van der Waals surface area (Å²) in [7, 11) is -5.01. The van der Waals surface area contributed by atoms with E-state index in [1.165, 1.54) is 17.8 Å². The first-order chi connectivity index (χ1) is 15.1. The van der Waals surface area contributed by atoms with Gasteiger partial charge in [0.25, 0.3) is 5.85 Å². The van der Waals surface area contributed by atoms with Crippen molar-refractivity contribution in [1.29, 1.82) is 0 Å². The van der Waals surface area contributed by atoms with E-state index in [-0.39, 0.29) is 18.3 Å². The fourth-order valence-corrected chi connectivity index (χ4v) is 4.09. The van der Waals surface area contributed by atoms with Crippen LogP contribution in [0, 0.1) is 0 Å². The van der Waals surface area contributed by atoms with Crippen molar-refractivity contribution in [2.45, 2.75) is 56.1 Å². The summed E-state index contributed by atoms with van der Waals surface area (Å²) >= 11 is 0. The van der Waals surface area contributed by atoms with Gasteiger partial charge in [0.1, 0.15) is 29.7 Å². The molecule has 2 aromatic heterocycles. The summed E-state index contributed by atoms with van der Waals surface area (Å²) in [5, 5.41) is 20.9. The van der Waals surface area contributed by atoms with Crippen molar-refractivity contribution in [1.82, 2.24) is 19.5 Å². The third-order valence-corrected chi connectivity index (χ3v) is 6.20. The molecule has 6 N–H and O–H groups in total. The van der Waals surface area contributed by atoms with E-state index in [4.69, 9.17) is 15.2 Å². The number of hydrogen-bond donors (Lipinski definition) is 5. The predicted molar refractivity (Wildman–Crippen MR) is 106 cm³/mol. The van der Waals surface area contributed by atoms with Gasteiger partial charge in [0.2, 0.25) is 0 Å². The molecule has 14 nitrogen and oxygen atoms in total. The highest BCUT2D eigenvalue weighted by Gasteiger charge is 2.46. The van der Waals surface area contributed by atoms with Gasteiger partial charge in [-0.25, -0.2) is 19.7 Å². The number of anilines is 1. The van der Waals surface area contributed by atoms with Gasteiger partial charge in [0, 0.05) is 5.92 Å². The van der Waals surface area contributed by atoms with Crippen LogP contribution in [-0.4, -0.2) is 82.9 Å². The zero-order chi connectivity index (χ0) is 23.2. The normalized spacial score (nSPS) is 27.0. The van der Waals surface area contributed by atoms with Gasteiger partial charge in [-0.3, -0.25) is 9.13 Å². The van der Waals surface area contributed by atoms with E-state index in [9.17, 15) is 29.4 Å². The zero-order valence-corrected chi connectivity index (χ0v) is 17.9. The number of nitrogens with two attached hydrogens (primary N) is 1. The molecule has 4 rings (SSSR count). The van der Waals surface area contributed by atoms with E-state index >= 15 is 0 Å². The molecule has 3 heterocycles. The number of nitrogen functional groups attached to an aromatic ring is 1. The average Bonchev–Trinajstić information content (AvgIpc) is 3.42. The standard InChI is InChI=1S/C17H24N5O9P/c1-2-29-16(25)17(32(26,27)28)30-5-8-10(23)11(24)15(31-8)22-6-19-9-12(18)20-13(7-3-4-7)21-14(9)22/h6-8,10-11,15,17,23-24H,2-5H2,1H3,(H2,18,20,21)(H2,26,27,28)/t8-,10-,11-,15-,17?/m1/s1. The maximum absolute atomic E-state index is 11.8. The van der Waals surface area contributed by atoms with Gasteiger partial charge in [-0.15, -0.1) is 0 Å². The minimum absolute atomic E-state index is 0.108. The highest BCUT2D eigenvalue weighted by atomic mass is 31.2. The Bertz CT molecular complexity index is 1050. The number of carbonyl (C=O) groups excluding carboxylic acids is 1. The van der Waals surface area contributed by atoms with E-state index in [1.54, 1.807) is 0 Å². The topological polar surface area (TPSA) is 212 Å². The SMILES string of the molecule is CCOC(=O)C(OC[C@H]1O[C@@H](n2cnc3c(N)nc(C4CC4)nc32)[C@H](O)[C@@H]1O)P(=O)(O)O. The second-order valence-corrected chi connectivity index (χ2v) is 9.29. The van der Waals surface area contributed by atoms with Gasteiger partial charge in [-0.1, -0.05) is 0 Å². The van der Waals surface area contributed by atoms with Crippen molar-refractivity contribution in [2.75, 3.05) is 18.9 Å². The Kier molecular flexibility index (Phi) is 6.20. The summed E-state index contributed by atoms with van der Waals surface area (Å²) in [5.74, 6) is -2.48. The molecule has 0 aromatic carbocycles. The molecule has 1 saturated carbocycles. The molecule has 2 fully saturated rings. The number of aliphatic hydroxyl groups excluding tert-OH is 2. The molecule has 1 unspecified atom stereocenters. The van der Waals surface area contributed by atoms with E-state index in [2.05, 4.69) is 19.7 Å². The lowest BCUT2D eigenvalue weighted by atomic mass is 10.1. The minimum atomic E-state index is -5.01. The van der Waals surface area contributed by atoms with Gasteiger partial charge in [-0.05, 0) is 19.8 Å². The summed E-state index contributed by atoms with van der Waals surface area (Å²) < 4.78 is 28.4. The molecule has 1 aliphatic heterocycles. The molecule has 15 heteroatoms. The largest absolute Gasteiger partial charge is 0.464 e. The van der Waals surface area contributed by atoms with E-state index in [0.717, 1.165) is 12.8 Å². The Morgan fingerprint density at radius 2 is 2.06 bits per heavy atom. The Morgan fingerprint density at radius 3 is 2.69 bits per heavy atom. The minimum Gasteiger partial charge on any atom is -0.464 e. The van der Waals surface area contributed by atoms with Crippen LogP contribution in [-0.2, 0) is 23.6 Å². The van der Waals surface area contributed by atoms with E-state index < -0.39 is 50.6 Å². The number of aliphatic hydroxyl groups is 2. The van der Waals surface area contributed by atoms with Crippen molar-refractivity contribution in [2.24, 2.45) is 0 Å². The van der Waals surface area contributed by atoms with Crippen LogP contribution in [0.15, 0.2) is 6.33 Å². The molecule has 2 aliphatic rings. The van der Waals surface area contributed by atoms with Crippen molar-refractivity contribution < 1.29 is 43.6 Å². The smallest absolute Gasteiger partial charge is 0.365 e. The van der Waals surface area contributed by atoms with Crippen LogP contribution >= 0.6 is 7.60 Å². The highest BCUT2D eigenvalue weighted by molar-refractivity contribution is 7.53. The summed E-state index contributed by atoms with van der Waals surface area (Å²) in [6, 6.07) is 0. The molecule has 1 aliphatic carbocycles. The third kappa shape index (κ3) is 4.35. The highest BCUT2D eigenvalue weighted by Crippen LogP contribution is 2.43. The summed E-state index contributed by atoms with van der Waals surface area (Å²) in [6.07, 6.45) is -2.05. The summed E-state index contributed by atoms with van der Waals surface area (Å²) in [5.41, 5.74) is 6.61. The molecule has 0 bridgehead atoms. The van der Waals surface area contributed by atoms with Crippen LogP contribution in [0.25, 0.3) is 11.2 Å². The Balaban J connectivity index is 1.53. The van der Waals surface area contributed by atoms with Gasteiger partial charge in [0.15, 0.2) is 17.7 Å². The second-order valence-electron chi connectivity index (χ2n) is 7.64. The molecule has 32 heavy (non-hydrogen) atoms. The monoisotopic (exact) mass is 473 g/mol. The first-order valence-corrected chi connectivity index (χ1v) is 11.6. The van der Waals surface area contributed by atoms with Crippen LogP contribution in [0.2, 0.25) is 0 Å². The predicted octanol–water partition coefficient (Wildman–Crippen LogP) is -1.01. The molecule has 0 spiro atoms. The fourth-order valence-electron chi connectivity index (χ4n) is 3.46. The molecule has 1 saturated heterocycles. The van der Waals surface area contributed by atoms with Crippen molar-refractivity contribution >= 4 is 30.5 Å². The zero-order valence-electron chi connectivity index (χ0n) is 17.0. The molecular weight excluding hydrogens is 449 g/mol. The molecule has 0 radical (unpaired) electrons. The first kappa shape index (κ1) is 23.0. The van der Waals surface area contributed by atoms with Crippen LogP contribution in [0.5, 0.6) is 0 Å². The van der Waals surface area contributed by atoms with Crippen molar-refractivity contribution in [3.63, 3.8) is 0 Å². The van der Waals surface area contributed by atoms with Crippen LogP contribution in [0.1, 0.15) is 37.7 Å². The maximum atomic E-state index is 11.8. The fraction of sp³-hybridized carbons (Fsp3) is 0.647. The number of fused-ring (bicyclic) bond motifs is 1. The van der Waals surface area contributed by atoms with Crippen molar-refractivity contribution in [3.8, 4) is 0 Å². The van der Waals surface area contributed by atoms with Crippen LogP contribution in [0.3, 0.4) is 0 Å². The first-order valence-electron chi connectivity index (χ1n) is 9.96. The number of imidazole rings is 1. The summed E-state index contributed by atoms with van der Waals surface area (Å²) in [4.78, 5) is 43.5. The average molecular weight is 473 g/mol. The number of nitrogens with zero attached hydrogens (tertiary/aromatic N) is 4. The van der Waals surface area contributed by atoms with Crippen LogP contribution in [0.4, 0.5) is 5.82 Å². The molecule has 176 valence electrons. The molecule has 2 aromatic rings. The number of esters is 1. The maximum Gasteiger partial charge on any atom is 0.365 e. The lowest BCUT2D eigenvalue weighted by Gasteiger charge is -2.20. The third-order valence-electron chi connectivity index (χ3n) is 5.23. The molecular formula is C17H24N5O9P. The summed E-state index contributed by atoms with van der Waals surface area (Å²) in [6.45, 7) is 0.768. The Hall–Kier alpha value is -2.19. The lowest BCUT2D eigenvalue weighted by molar-refractivity contribution is -0.155. The Labute approximate surface area is 181 Å². The van der Waals surface area contributed by atoms with Crippen molar-refractivity contribution in [3.05, 3.63) is 12.2 Å². The van der Waals surface area contributed by atoms with Gasteiger partial charge in [0.05, 0.1) is 19.5 Å². The number of carbonyl (C=O) groups is 1. The van der Waals surface area contributed by atoms with E-state index in [0.29, 0.717) is 17.0 Å². The lowest BCUT2D eigenvalue weighted by Crippen LogP contribution is -2.36. The molecule has 0 amide bonds. The van der Waals surface area contributed by atoms with E-state index in [1.807, 2.05) is 0 Å². The Morgan fingerprint density at radius 1 is 1.34 bits per heavy atom. The number of rotatable bonds is 8. The molecule has 5 atom stereocenters. The van der Waals surface area contributed by atoms with Gasteiger partial charge >= 0.3 is 13.6 Å². The quantitative estimate of drug-likeness (QED) is 0.230. The van der Waals surface area contributed by atoms with Crippen LogP contribution < -0.4 is 5.73 Å². The second kappa shape index (κ2) is 8.63. The van der Waals surface area contributed by atoms with Gasteiger partial charge in [-0.2, -0.15) is 0 Å². The number of aromatic nitrogens is 4. The number of ether oxygens (including phenoxy) is 3. The number of hydrogen-bond acceptors (Lipinski definition) is 11.